The zero-order valence-corrected chi connectivity index (χ0v) is 16.1. The van der Waals surface area contributed by atoms with E-state index < -0.39 is 11.9 Å². The molecule has 1 amide bonds. The van der Waals surface area contributed by atoms with Crippen molar-refractivity contribution in [1.29, 1.82) is 5.26 Å². The molecule has 1 heterocycles. The number of nitriles is 1. The first-order valence-corrected chi connectivity index (χ1v) is 8.93. The molecule has 0 radical (unpaired) electrons. The molecule has 144 valence electrons. The molecule has 0 saturated heterocycles. The number of aromatic carboxylic acids is 1. The molecule has 1 aromatic heterocycles. The van der Waals surface area contributed by atoms with Crippen molar-refractivity contribution in [2.75, 3.05) is 5.32 Å². The summed E-state index contributed by atoms with van der Waals surface area (Å²) in [6.07, 6.45) is 1.30. The number of rotatable bonds is 5. The van der Waals surface area contributed by atoms with Crippen LogP contribution < -0.4 is 10.4 Å². The van der Waals surface area contributed by atoms with E-state index in [1.807, 2.05) is 6.07 Å². The Balaban J connectivity index is 1.81. The second-order valence-electron chi connectivity index (χ2n) is 5.81. The number of hydrogen-bond donors (Lipinski definition) is 1. The average molecular weight is 426 g/mol. The van der Waals surface area contributed by atoms with Gasteiger partial charge in [0.25, 0.3) is 5.91 Å². The molecule has 29 heavy (non-hydrogen) atoms. The van der Waals surface area contributed by atoms with Crippen molar-refractivity contribution >= 4 is 46.8 Å². The van der Waals surface area contributed by atoms with Crippen molar-refractivity contribution in [2.24, 2.45) is 0 Å². The van der Waals surface area contributed by atoms with E-state index in [0.717, 1.165) is 0 Å². The van der Waals surface area contributed by atoms with Gasteiger partial charge in [0, 0.05) is 27.9 Å². The highest BCUT2D eigenvalue weighted by molar-refractivity contribution is 6.33. The standard InChI is InChI=1S/C21H12Cl2N2O4/c22-14-2-4-15(5-3-14)25-20(26)13(11-24)9-16-6-8-19(29-16)12-1-7-17(21(27)28)18(23)10-12/h1-10H,(H,25,26)(H,27,28)/p-1/b13-9+. The molecule has 0 spiro atoms. The maximum absolute atomic E-state index is 12.3. The Morgan fingerprint density at radius 2 is 1.79 bits per heavy atom. The number of halogens is 2. The van der Waals surface area contributed by atoms with Gasteiger partial charge < -0.3 is 19.6 Å². The Bertz CT molecular complexity index is 1160. The van der Waals surface area contributed by atoms with Crippen molar-refractivity contribution in [2.45, 2.75) is 0 Å². The predicted octanol–water partition coefficient (Wildman–Crippen LogP) is 4.16. The zero-order chi connectivity index (χ0) is 21.0. The van der Waals surface area contributed by atoms with Gasteiger partial charge in [-0.2, -0.15) is 5.26 Å². The molecule has 0 aliphatic carbocycles. The average Bonchev–Trinajstić information content (AvgIpc) is 3.16. The van der Waals surface area contributed by atoms with Gasteiger partial charge in [0.05, 0.1) is 11.0 Å². The van der Waals surface area contributed by atoms with Crippen molar-refractivity contribution in [1.82, 2.24) is 0 Å². The van der Waals surface area contributed by atoms with E-state index in [-0.39, 0.29) is 21.9 Å². The van der Waals surface area contributed by atoms with E-state index in [9.17, 15) is 20.0 Å². The lowest BCUT2D eigenvalue weighted by Gasteiger charge is -2.06. The minimum Gasteiger partial charge on any atom is -0.545 e. The van der Waals surface area contributed by atoms with Gasteiger partial charge in [0.15, 0.2) is 0 Å². The first kappa shape index (κ1) is 20.2. The van der Waals surface area contributed by atoms with Crippen LogP contribution in [0.1, 0.15) is 16.1 Å². The third-order valence-corrected chi connectivity index (χ3v) is 4.42. The van der Waals surface area contributed by atoms with Crippen LogP contribution in [0.5, 0.6) is 0 Å². The van der Waals surface area contributed by atoms with Crippen LogP contribution in [0, 0.1) is 11.3 Å². The Morgan fingerprint density at radius 3 is 2.41 bits per heavy atom. The summed E-state index contributed by atoms with van der Waals surface area (Å²) in [4.78, 5) is 23.2. The first-order chi connectivity index (χ1) is 13.9. The Morgan fingerprint density at radius 1 is 1.07 bits per heavy atom. The van der Waals surface area contributed by atoms with Gasteiger partial charge in [0.2, 0.25) is 0 Å². The molecule has 8 heteroatoms. The summed E-state index contributed by atoms with van der Waals surface area (Å²) in [5.74, 6) is -1.33. The molecule has 6 nitrogen and oxygen atoms in total. The molecule has 0 aliphatic heterocycles. The highest BCUT2D eigenvalue weighted by atomic mass is 35.5. The normalized spacial score (nSPS) is 11.0. The summed E-state index contributed by atoms with van der Waals surface area (Å²) in [5, 5.41) is 23.4. The summed E-state index contributed by atoms with van der Waals surface area (Å²) >= 11 is 11.7. The topological polar surface area (TPSA) is 106 Å². The third-order valence-electron chi connectivity index (χ3n) is 3.85. The fourth-order valence-corrected chi connectivity index (χ4v) is 2.83. The molecule has 2 aromatic carbocycles. The zero-order valence-electron chi connectivity index (χ0n) is 14.6. The predicted molar refractivity (Wildman–Crippen MR) is 107 cm³/mol. The van der Waals surface area contributed by atoms with Crippen LogP contribution in [0.3, 0.4) is 0 Å². The van der Waals surface area contributed by atoms with Crippen LogP contribution in [-0.2, 0) is 4.79 Å². The number of benzene rings is 2. The number of carbonyl (C=O) groups excluding carboxylic acids is 2. The van der Waals surface area contributed by atoms with Crippen molar-refractivity contribution in [3.05, 3.63) is 81.5 Å². The number of furan rings is 1. The van der Waals surface area contributed by atoms with Crippen molar-refractivity contribution in [3.8, 4) is 17.4 Å². The highest BCUT2D eigenvalue weighted by Gasteiger charge is 2.12. The Labute approximate surface area is 175 Å². The number of amides is 1. The molecule has 3 rings (SSSR count). The second kappa shape index (κ2) is 8.65. The van der Waals surface area contributed by atoms with Gasteiger partial charge >= 0.3 is 0 Å². The molecule has 0 bridgehead atoms. The molecule has 0 saturated carbocycles. The Hall–Kier alpha value is -3.53. The number of carboxylic acid groups (broad SMARTS) is 1. The maximum Gasteiger partial charge on any atom is 0.266 e. The number of carbonyl (C=O) groups is 2. The van der Waals surface area contributed by atoms with E-state index in [1.54, 1.807) is 36.4 Å². The van der Waals surface area contributed by atoms with Gasteiger partial charge in [-0.15, -0.1) is 0 Å². The van der Waals surface area contributed by atoms with Gasteiger partial charge in [-0.05, 0) is 42.5 Å². The number of anilines is 1. The van der Waals surface area contributed by atoms with E-state index in [1.165, 1.54) is 24.3 Å². The molecule has 0 atom stereocenters. The fraction of sp³-hybridized carbons (Fsp3) is 0. The number of nitrogens with zero attached hydrogens (tertiary/aromatic N) is 1. The summed E-state index contributed by atoms with van der Waals surface area (Å²) in [7, 11) is 0. The van der Waals surface area contributed by atoms with E-state index >= 15 is 0 Å². The van der Waals surface area contributed by atoms with Crippen molar-refractivity contribution in [3.63, 3.8) is 0 Å². The largest absolute Gasteiger partial charge is 0.545 e. The van der Waals surface area contributed by atoms with Gasteiger partial charge in [-0.25, -0.2) is 0 Å². The molecular weight excluding hydrogens is 415 g/mol. The minimum absolute atomic E-state index is 0.0102. The third kappa shape index (κ3) is 4.85. The van der Waals surface area contributed by atoms with Crippen molar-refractivity contribution < 1.29 is 19.1 Å². The number of carboxylic acids is 1. The monoisotopic (exact) mass is 425 g/mol. The van der Waals surface area contributed by atoms with Crippen LogP contribution in [0.4, 0.5) is 5.69 Å². The first-order valence-electron chi connectivity index (χ1n) is 8.17. The summed E-state index contributed by atoms with van der Waals surface area (Å²) in [6, 6.07) is 15.7. The van der Waals surface area contributed by atoms with Crippen LogP contribution in [-0.4, -0.2) is 11.9 Å². The van der Waals surface area contributed by atoms with Crippen LogP contribution in [0.25, 0.3) is 17.4 Å². The lowest BCUT2D eigenvalue weighted by molar-refractivity contribution is -0.255. The smallest absolute Gasteiger partial charge is 0.266 e. The van der Waals surface area contributed by atoms with E-state index in [4.69, 9.17) is 27.6 Å². The van der Waals surface area contributed by atoms with Crippen LogP contribution in [0.15, 0.2) is 64.6 Å². The lowest BCUT2D eigenvalue weighted by atomic mass is 10.1. The maximum atomic E-state index is 12.3. The molecule has 3 aromatic rings. The minimum atomic E-state index is -1.38. The summed E-state index contributed by atoms with van der Waals surface area (Å²) < 4.78 is 5.63. The van der Waals surface area contributed by atoms with Gasteiger partial charge in [-0.1, -0.05) is 35.3 Å². The lowest BCUT2D eigenvalue weighted by Crippen LogP contribution is -2.22. The van der Waals surface area contributed by atoms with E-state index in [2.05, 4.69) is 5.32 Å². The summed E-state index contributed by atoms with van der Waals surface area (Å²) in [6.45, 7) is 0. The van der Waals surface area contributed by atoms with Crippen LogP contribution >= 0.6 is 23.2 Å². The second-order valence-corrected chi connectivity index (χ2v) is 6.66. The SMILES string of the molecule is N#C/C(=C\c1ccc(-c2ccc(C(=O)[O-])c(Cl)c2)o1)C(=O)Nc1ccc(Cl)cc1. The van der Waals surface area contributed by atoms with Gasteiger partial charge in [0.1, 0.15) is 23.2 Å². The molecule has 0 fully saturated rings. The number of hydrogen-bond acceptors (Lipinski definition) is 5. The fourth-order valence-electron chi connectivity index (χ4n) is 2.44. The molecule has 0 aliphatic rings. The molecule has 0 unspecified atom stereocenters. The molecular formula is C21H11Cl2N2O4-. The van der Waals surface area contributed by atoms with Gasteiger partial charge in [-0.3, -0.25) is 4.79 Å². The summed E-state index contributed by atoms with van der Waals surface area (Å²) in [5.41, 5.74) is 0.728. The Kier molecular flexibility index (Phi) is 6.03. The quantitative estimate of drug-likeness (QED) is 0.487. The molecule has 1 N–H and O–H groups in total. The van der Waals surface area contributed by atoms with E-state index in [0.29, 0.717) is 22.0 Å². The number of nitrogens with one attached hydrogen (secondary N) is 1. The highest BCUT2D eigenvalue weighted by Crippen LogP contribution is 2.28. The van der Waals surface area contributed by atoms with Crippen LogP contribution in [0.2, 0.25) is 10.0 Å².